The molecule has 1 spiro atoms. The van der Waals surface area contributed by atoms with E-state index < -0.39 is 5.97 Å². The molecule has 2 saturated heterocycles. The lowest BCUT2D eigenvalue weighted by Crippen LogP contribution is -2.47. The van der Waals surface area contributed by atoms with Crippen LogP contribution in [0.5, 0.6) is 11.5 Å². The molecule has 6 rings (SSSR count). The number of carbonyl (C=O) groups is 2. The molecule has 0 radical (unpaired) electrons. The Morgan fingerprint density at radius 1 is 0.837 bits per heavy atom. The number of ketones is 1. The van der Waals surface area contributed by atoms with Gasteiger partial charge >= 0.3 is 5.97 Å². The molecule has 0 unspecified atom stereocenters. The first kappa shape index (κ1) is 29.2. The van der Waals surface area contributed by atoms with Crippen LogP contribution < -0.4 is 4.90 Å². The highest BCUT2D eigenvalue weighted by Crippen LogP contribution is 2.43. The van der Waals surface area contributed by atoms with Gasteiger partial charge in [0.1, 0.15) is 18.1 Å². The number of phenolic OH excluding ortho intramolecular Hbond substituents is 2. The number of benzene rings is 3. The van der Waals surface area contributed by atoms with E-state index in [1.165, 1.54) is 11.3 Å². The summed E-state index contributed by atoms with van der Waals surface area (Å²) in [5, 5.41) is 29.4. The van der Waals surface area contributed by atoms with Gasteiger partial charge in [0.05, 0.1) is 6.61 Å². The summed E-state index contributed by atoms with van der Waals surface area (Å²) in [5.74, 6) is -0.668. The third kappa shape index (κ3) is 6.39. The van der Waals surface area contributed by atoms with E-state index in [2.05, 4.69) is 9.80 Å². The largest absolute Gasteiger partial charge is 0.508 e. The van der Waals surface area contributed by atoms with E-state index in [-0.39, 0.29) is 23.9 Å². The van der Waals surface area contributed by atoms with E-state index in [9.17, 15) is 19.8 Å². The average molecular weight is 601 g/mol. The van der Waals surface area contributed by atoms with Gasteiger partial charge in [0, 0.05) is 51.4 Å². The van der Waals surface area contributed by atoms with E-state index in [4.69, 9.17) is 9.84 Å². The molecule has 1 aromatic heterocycles. The van der Waals surface area contributed by atoms with Gasteiger partial charge in [-0.25, -0.2) is 4.79 Å². The maximum Gasteiger partial charge on any atom is 0.329 e. The summed E-state index contributed by atoms with van der Waals surface area (Å²) in [4.78, 5) is 30.2. The zero-order valence-corrected chi connectivity index (χ0v) is 24.8. The summed E-state index contributed by atoms with van der Waals surface area (Å²) in [5.41, 5.74) is 3.56. The molecule has 0 bridgehead atoms. The van der Waals surface area contributed by atoms with Crippen LogP contribution in [0.15, 0.2) is 66.7 Å². The number of anilines is 1. The number of carbonyl (C=O) groups excluding carboxylic acids is 1. The van der Waals surface area contributed by atoms with Crippen molar-refractivity contribution in [3.8, 4) is 21.9 Å². The number of nitrogens with zero attached hydrogens (tertiary/aromatic N) is 2. The summed E-state index contributed by atoms with van der Waals surface area (Å²) < 4.78 is 6.04. The topological polar surface area (TPSA) is 111 Å². The molecule has 2 aliphatic rings. The molecule has 2 fully saturated rings. The van der Waals surface area contributed by atoms with Crippen LogP contribution in [0.1, 0.15) is 41.6 Å². The molecule has 2 aliphatic heterocycles. The monoisotopic (exact) mass is 600 g/mol. The van der Waals surface area contributed by atoms with Crippen LogP contribution in [0.25, 0.3) is 20.5 Å². The minimum absolute atomic E-state index is 0.0655. The van der Waals surface area contributed by atoms with Gasteiger partial charge in [-0.15, -0.1) is 11.3 Å². The Labute approximate surface area is 254 Å². The second-order valence-corrected chi connectivity index (χ2v) is 12.7. The number of thiophene rings is 1. The minimum atomic E-state index is -0.927. The Morgan fingerprint density at radius 2 is 1.49 bits per heavy atom. The Balaban J connectivity index is 1.11. The fourth-order valence-corrected chi connectivity index (χ4v) is 7.68. The number of carboxylic acid groups (broad SMARTS) is 1. The molecule has 3 heterocycles. The third-order valence-electron chi connectivity index (χ3n) is 9.04. The van der Waals surface area contributed by atoms with Gasteiger partial charge in [-0.1, -0.05) is 0 Å². The summed E-state index contributed by atoms with van der Waals surface area (Å²) in [6.07, 6.45) is 4.59. The van der Waals surface area contributed by atoms with Crippen molar-refractivity contribution in [1.82, 2.24) is 4.90 Å². The molecular formula is C34H36N2O6S. The van der Waals surface area contributed by atoms with Crippen LogP contribution in [-0.2, 0) is 9.53 Å². The second kappa shape index (κ2) is 12.4. The van der Waals surface area contributed by atoms with Crippen molar-refractivity contribution in [2.75, 3.05) is 50.8 Å². The second-order valence-electron chi connectivity index (χ2n) is 11.7. The Bertz CT molecular complexity index is 1600. The summed E-state index contributed by atoms with van der Waals surface area (Å²) in [6, 6.07) is 19.9. The number of phenols is 2. The highest BCUT2D eigenvalue weighted by atomic mass is 32.1. The number of aliphatic carboxylic acids is 1. The quantitative estimate of drug-likeness (QED) is 0.159. The Kier molecular flexibility index (Phi) is 8.38. The SMILES string of the molecule is O=C(O)COCCN1CCC2(CC1)CCN(c1ccc(C(=O)c3c(-c4ccc(O)cc4)sc4cc(O)ccc34)cc1)CC2. The molecule has 0 aliphatic carbocycles. The first-order valence-corrected chi connectivity index (χ1v) is 15.6. The molecule has 224 valence electrons. The number of hydrogen-bond acceptors (Lipinski definition) is 8. The lowest BCUT2D eigenvalue weighted by Gasteiger charge is -2.47. The number of fused-ring (bicyclic) bond motifs is 1. The van der Waals surface area contributed by atoms with Crippen LogP contribution in [0.3, 0.4) is 0 Å². The molecule has 4 aromatic rings. The van der Waals surface area contributed by atoms with Crippen molar-refractivity contribution >= 4 is 38.9 Å². The predicted molar refractivity (Wildman–Crippen MR) is 168 cm³/mol. The highest BCUT2D eigenvalue weighted by Gasteiger charge is 2.37. The van der Waals surface area contributed by atoms with Gasteiger partial charge in [-0.05, 0) is 116 Å². The number of likely N-dealkylation sites (tertiary alicyclic amines) is 1. The lowest BCUT2D eigenvalue weighted by molar-refractivity contribution is -0.142. The molecule has 8 nitrogen and oxygen atoms in total. The van der Waals surface area contributed by atoms with Gasteiger partial charge < -0.3 is 29.9 Å². The Hall–Kier alpha value is -3.92. The van der Waals surface area contributed by atoms with Crippen LogP contribution in [-0.4, -0.2) is 77.9 Å². The fraction of sp³-hybridized carbons (Fsp3) is 0.353. The zero-order valence-electron chi connectivity index (χ0n) is 24.0. The maximum atomic E-state index is 13.9. The molecule has 0 saturated carbocycles. The number of rotatable bonds is 9. The van der Waals surface area contributed by atoms with Crippen LogP contribution in [0.4, 0.5) is 5.69 Å². The number of aromatic hydroxyl groups is 2. The van der Waals surface area contributed by atoms with Gasteiger partial charge in [0.2, 0.25) is 0 Å². The lowest BCUT2D eigenvalue weighted by atomic mass is 9.71. The molecule has 3 N–H and O–H groups in total. The maximum absolute atomic E-state index is 13.9. The molecule has 9 heteroatoms. The molecule has 43 heavy (non-hydrogen) atoms. The van der Waals surface area contributed by atoms with Crippen molar-refractivity contribution in [3.63, 3.8) is 0 Å². The first-order chi connectivity index (χ1) is 20.8. The van der Waals surface area contributed by atoms with E-state index in [1.54, 1.807) is 30.3 Å². The van der Waals surface area contributed by atoms with E-state index in [0.29, 0.717) is 23.1 Å². The third-order valence-corrected chi connectivity index (χ3v) is 10.2. The van der Waals surface area contributed by atoms with E-state index in [1.807, 2.05) is 36.4 Å². The molecule has 3 aromatic carbocycles. The van der Waals surface area contributed by atoms with E-state index in [0.717, 1.165) is 84.6 Å². The van der Waals surface area contributed by atoms with E-state index >= 15 is 0 Å². The highest BCUT2D eigenvalue weighted by molar-refractivity contribution is 7.22. The molecular weight excluding hydrogens is 564 g/mol. The van der Waals surface area contributed by atoms with Crippen molar-refractivity contribution in [2.45, 2.75) is 25.7 Å². The number of hydrogen-bond donors (Lipinski definition) is 3. The van der Waals surface area contributed by atoms with Crippen molar-refractivity contribution in [2.24, 2.45) is 5.41 Å². The summed E-state index contributed by atoms with van der Waals surface area (Å²) in [6.45, 7) is 5.01. The van der Waals surface area contributed by atoms with Gasteiger partial charge in [0.25, 0.3) is 0 Å². The smallest absolute Gasteiger partial charge is 0.329 e. The number of piperidine rings is 2. The fourth-order valence-electron chi connectivity index (χ4n) is 6.44. The number of carboxylic acids is 1. The summed E-state index contributed by atoms with van der Waals surface area (Å²) in [7, 11) is 0. The number of ether oxygens (including phenoxy) is 1. The standard InChI is InChI=1S/C34H36N2O6S/c37-26-7-3-24(4-8-26)33-31(28-10-9-27(38)21-29(28)43-33)32(41)23-1-5-25(6-2-23)36-17-13-34(14-18-36)11-15-35(16-12-34)19-20-42-22-30(39)40/h1-10,21,37-38H,11-20,22H2,(H,39,40). The van der Waals surface area contributed by atoms with Crippen LogP contribution >= 0.6 is 11.3 Å². The van der Waals surface area contributed by atoms with Crippen LogP contribution in [0.2, 0.25) is 0 Å². The van der Waals surface area contributed by atoms with Crippen molar-refractivity contribution in [1.29, 1.82) is 0 Å². The summed E-state index contributed by atoms with van der Waals surface area (Å²) >= 11 is 1.46. The Morgan fingerprint density at radius 3 is 2.16 bits per heavy atom. The molecule has 0 atom stereocenters. The average Bonchev–Trinajstić information content (AvgIpc) is 3.39. The van der Waals surface area contributed by atoms with Crippen molar-refractivity contribution < 1.29 is 29.6 Å². The van der Waals surface area contributed by atoms with Crippen LogP contribution in [0, 0.1) is 5.41 Å². The zero-order chi connectivity index (χ0) is 30.0. The normalized spacial score (nSPS) is 17.0. The minimum Gasteiger partial charge on any atom is -0.508 e. The van der Waals surface area contributed by atoms with Gasteiger partial charge in [-0.3, -0.25) is 4.79 Å². The van der Waals surface area contributed by atoms with Crippen molar-refractivity contribution in [3.05, 3.63) is 77.9 Å². The van der Waals surface area contributed by atoms with Gasteiger partial charge in [-0.2, -0.15) is 0 Å². The molecule has 0 amide bonds. The first-order valence-electron chi connectivity index (χ1n) is 14.8. The van der Waals surface area contributed by atoms with Gasteiger partial charge in [0.15, 0.2) is 5.78 Å². The predicted octanol–water partition coefficient (Wildman–Crippen LogP) is 5.99.